The summed E-state index contributed by atoms with van der Waals surface area (Å²) in [6, 6.07) is 0.274. The first-order valence-electron chi connectivity index (χ1n) is 5.66. The van der Waals surface area contributed by atoms with E-state index in [1.54, 1.807) is 0 Å². The minimum atomic E-state index is -0.122. The van der Waals surface area contributed by atoms with Crippen LogP contribution in [0.25, 0.3) is 0 Å². The molecule has 0 rings (SSSR count). The van der Waals surface area contributed by atoms with E-state index in [1.807, 2.05) is 14.0 Å². The van der Waals surface area contributed by atoms with E-state index in [0.29, 0.717) is 12.0 Å². The van der Waals surface area contributed by atoms with Crippen LogP contribution in [-0.4, -0.2) is 29.9 Å². The Kier molecular flexibility index (Phi) is 6.52. The second-order valence-corrected chi connectivity index (χ2v) is 4.58. The first-order valence-corrected chi connectivity index (χ1v) is 5.66. The van der Waals surface area contributed by atoms with Crippen molar-refractivity contribution in [2.45, 2.75) is 52.6 Å². The number of rotatable bonds is 6. The lowest BCUT2D eigenvalue weighted by Gasteiger charge is -2.32. The molecule has 0 aliphatic rings. The van der Waals surface area contributed by atoms with Gasteiger partial charge in [-0.15, -0.1) is 0 Å². The monoisotopic (exact) mass is 215 g/mol. The molecule has 4 heteroatoms. The summed E-state index contributed by atoms with van der Waals surface area (Å²) in [6.07, 6.45) is 1.87. The molecule has 0 aliphatic heterocycles. The lowest BCUT2D eigenvalue weighted by molar-refractivity contribution is -0.127. The fourth-order valence-electron chi connectivity index (χ4n) is 1.91. The molecule has 15 heavy (non-hydrogen) atoms. The Morgan fingerprint density at radius 1 is 1.40 bits per heavy atom. The molecule has 4 nitrogen and oxygen atoms in total. The average Bonchev–Trinajstić information content (AvgIpc) is 2.17. The Hall–Kier alpha value is -0.610. The minimum absolute atomic E-state index is 0.101. The number of carbonyl (C=O) groups is 1. The summed E-state index contributed by atoms with van der Waals surface area (Å²) >= 11 is 0. The summed E-state index contributed by atoms with van der Waals surface area (Å²) in [7, 11) is 1.98. The van der Waals surface area contributed by atoms with Crippen LogP contribution in [-0.2, 0) is 4.79 Å². The number of hydrogen-bond acceptors (Lipinski definition) is 3. The van der Waals surface area contributed by atoms with Crippen molar-refractivity contribution in [1.29, 1.82) is 0 Å². The summed E-state index contributed by atoms with van der Waals surface area (Å²) in [5.74, 6) is 5.70. The molecule has 2 atom stereocenters. The maximum Gasteiger partial charge on any atom is 0.251 e. The van der Waals surface area contributed by atoms with Crippen molar-refractivity contribution in [3.8, 4) is 0 Å². The maximum atomic E-state index is 11.5. The quantitative estimate of drug-likeness (QED) is 0.396. The minimum Gasteiger partial charge on any atom is -0.293 e. The lowest BCUT2D eigenvalue weighted by atomic mass is 10.0. The fraction of sp³-hybridized carbons (Fsp3) is 0.909. The molecule has 0 saturated heterocycles. The van der Waals surface area contributed by atoms with E-state index < -0.39 is 0 Å². The zero-order chi connectivity index (χ0) is 12.0. The van der Waals surface area contributed by atoms with Gasteiger partial charge in [0.05, 0.1) is 6.04 Å². The van der Waals surface area contributed by atoms with E-state index in [4.69, 9.17) is 5.84 Å². The number of nitrogens with one attached hydrogen (secondary N) is 1. The Balaban J connectivity index is 4.36. The van der Waals surface area contributed by atoms with Crippen molar-refractivity contribution in [2.24, 2.45) is 11.8 Å². The van der Waals surface area contributed by atoms with Crippen LogP contribution in [0.15, 0.2) is 0 Å². The molecule has 0 aliphatic carbocycles. The summed E-state index contributed by atoms with van der Waals surface area (Å²) in [4.78, 5) is 13.6. The smallest absolute Gasteiger partial charge is 0.251 e. The van der Waals surface area contributed by atoms with Crippen LogP contribution in [0.2, 0.25) is 0 Å². The molecule has 0 aromatic rings. The summed E-state index contributed by atoms with van der Waals surface area (Å²) in [6.45, 7) is 8.52. The number of hydrogen-bond donors (Lipinski definition) is 2. The third-order valence-electron chi connectivity index (χ3n) is 2.83. The molecule has 0 heterocycles. The molecule has 0 radical (unpaired) electrons. The van der Waals surface area contributed by atoms with Crippen molar-refractivity contribution in [1.82, 2.24) is 10.3 Å². The highest BCUT2D eigenvalue weighted by atomic mass is 16.2. The number of likely N-dealkylation sites (N-methyl/N-ethyl adjacent to an activating group) is 1. The molecular formula is C11H25N3O. The Bertz CT molecular complexity index is 194. The molecular weight excluding hydrogens is 190 g/mol. The van der Waals surface area contributed by atoms with Gasteiger partial charge in [-0.25, -0.2) is 5.84 Å². The van der Waals surface area contributed by atoms with E-state index in [0.717, 1.165) is 12.8 Å². The number of nitrogens with two attached hydrogens (primary N) is 1. The molecule has 0 aromatic carbocycles. The molecule has 90 valence electrons. The van der Waals surface area contributed by atoms with Gasteiger partial charge in [0.2, 0.25) is 0 Å². The van der Waals surface area contributed by atoms with E-state index in [9.17, 15) is 4.79 Å². The van der Waals surface area contributed by atoms with Gasteiger partial charge in [-0.3, -0.25) is 15.1 Å². The van der Waals surface area contributed by atoms with Gasteiger partial charge in [0.15, 0.2) is 0 Å². The predicted molar refractivity (Wildman–Crippen MR) is 63.1 cm³/mol. The van der Waals surface area contributed by atoms with Crippen LogP contribution in [0.5, 0.6) is 0 Å². The van der Waals surface area contributed by atoms with Crippen molar-refractivity contribution < 1.29 is 4.79 Å². The van der Waals surface area contributed by atoms with Gasteiger partial charge in [0.25, 0.3) is 5.91 Å². The maximum absolute atomic E-state index is 11.5. The molecule has 0 saturated carbocycles. The Morgan fingerprint density at radius 2 is 1.93 bits per heavy atom. The predicted octanol–water partition coefficient (Wildman–Crippen LogP) is 1.12. The number of nitrogens with zero attached hydrogens (tertiary/aromatic N) is 1. The van der Waals surface area contributed by atoms with Crippen LogP contribution in [0, 0.1) is 5.92 Å². The highest BCUT2D eigenvalue weighted by Crippen LogP contribution is 2.13. The Morgan fingerprint density at radius 3 is 2.27 bits per heavy atom. The van der Waals surface area contributed by atoms with Crippen LogP contribution in [0.1, 0.15) is 40.5 Å². The fourth-order valence-corrected chi connectivity index (χ4v) is 1.91. The van der Waals surface area contributed by atoms with E-state index in [2.05, 4.69) is 31.1 Å². The van der Waals surface area contributed by atoms with Gasteiger partial charge in [-0.1, -0.05) is 20.8 Å². The average molecular weight is 215 g/mol. The van der Waals surface area contributed by atoms with Crippen LogP contribution in [0.4, 0.5) is 0 Å². The second kappa shape index (κ2) is 6.80. The largest absolute Gasteiger partial charge is 0.293 e. The third kappa shape index (κ3) is 4.62. The lowest BCUT2D eigenvalue weighted by Crippen LogP contribution is -2.50. The van der Waals surface area contributed by atoms with Crippen molar-refractivity contribution in [3.05, 3.63) is 0 Å². The molecule has 0 fully saturated rings. The zero-order valence-corrected chi connectivity index (χ0v) is 10.6. The Labute approximate surface area is 93.2 Å². The highest BCUT2D eigenvalue weighted by Gasteiger charge is 2.24. The van der Waals surface area contributed by atoms with Gasteiger partial charge in [-0.2, -0.15) is 0 Å². The first kappa shape index (κ1) is 14.4. The van der Waals surface area contributed by atoms with E-state index >= 15 is 0 Å². The molecule has 2 unspecified atom stereocenters. The highest BCUT2D eigenvalue weighted by molar-refractivity contribution is 5.81. The molecule has 0 bridgehead atoms. The van der Waals surface area contributed by atoms with Crippen LogP contribution >= 0.6 is 0 Å². The molecule has 0 spiro atoms. The topological polar surface area (TPSA) is 58.4 Å². The van der Waals surface area contributed by atoms with Gasteiger partial charge >= 0.3 is 0 Å². The van der Waals surface area contributed by atoms with Crippen molar-refractivity contribution in [3.63, 3.8) is 0 Å². The SMILES string of the molecule is CCC(C(=O)NN)N(C)C(C)CC(C)C. The van der Waals surface area contributed by atoms with Crippen molar-refractivity contribution >= 4 is 5.91 Å². The summed E-state index contributed by atoms with van der Waals surface area (Å²) < 4.78 is 0. The van der Waals surface area contributed by atoms with Gasteiger partial charge < -0.3 is 0 Å². The summed E-state index contributed by atoms with van der Waals surface area (Å²) in [5, 5.41) is 0. The molecule has 1 amide bonds. The number of carbonyl (C=O) groups excluding carboxylic acids is 1. The number of amides is 1. The first-order chi connectivity index (χ1) is 6.93. The van der Waals surface area contributed by atoms with Crippen LogP contribution < -0.4 is 11.3 Å². The molecule has 0 aromatic heterocycles. The molecule has 3 N–H and O–H groups in total. The summed E-state index contributed by atoms with van der Waals surface area (Å²) in [5.41, 5.74) is 2.22. The zero-order valence-electron chi connectivity index (χ0n) is 10.6. The van der Waals surface area contributed by atoms with E-state index in [-0.39, 0.29) is 11.9 Å². The van der Waals surface area contributed by atoms with Crippen molar-refractivity contribution in [2.75, 3.05) is 7.05 Å². The normalized spacial score (nSPS) is 15.5. The second-order valence-electron chi connectivity index (χ2n) is 4.58. The van der Waals surface area contributed by atoms with Gasteiger partial charge in [-0.05, 0) is 32.7 Å². The van der Waals surface area contributed by atoms with Gasteiger partial charge in [0, 0.05) is 6.04 Å². The number of hydrazine groups is 1. The van der Waals surface area contributed by atoms with E-state index in [1.165, 1.54) is 0 Å². The van der Waals surface area contributed by atoms with Crippen LogP contribution in [0.3, 0.4) is 0 Å². The van der Waals surface area contributed by atoms with Gasteiger partial charge in [0.1, 0.15) is 0 Å². The third-order valence-corrected chi connectivity index (χ3v) is 2.83. The standard InChI is InChI=1S/C11H25N3O/c1-6-10(11(15)13-12)14(5)9(4)7-8(2)3/h8-10H,6-7,12H2,1-5H3,(H,13,15).